The van der Waals surface area contributed by atoms with Gasteiger partial charge in [-0.25, -0.2) is 4.98 Å². The summed E-state index contributed by atoms with van der Waals surface area (Å²) in [5, 5.41) is 9.98. The van der Waals surface area contributed by atoms with Crippen molar-refractivity contribution in [3.05, 3.63) is 30.1 Å². The summed E-state index contributed by atoms with van der Waals surface area (Å²) in [7, 11) is 0. The average Bonchev–Trinajstić information content (AvgIpc) is 3.38. The van der Waals surface area contributed by atoms with Crippen LogP contribution in [0.15, 0.2) is 24.5 Å². The summed E-state index contributed by atoms with van der Waals surface area (Å²) in [6.07, 6.45) is 9.00. The van der Waals surface area contributed by atoms with Crippen LogP contribution in [-0.2, 0) is 9.59 Å². The summed E-state index contributed by atoms with van der Waals surface area (Å²) >= 11 is 0. The molecule has 1 aliphatic heterocycles. The lowest BCUT2D eigenvalue weighted by Crippen LogP contribution is -2.50. The maximum atomic E-state index is 12.8. The van der Waals surface area contributed by atoms with Crippen LogP contribution in [0.3, 0.4) is 0 Å². The van der Waals surface area contributed by atoms with Crippen molar-refractivity contribution in [2.45, 2.75) is 19.3 Å². The first-order chi connectivity index (χ1) is 14.0. The first-order valence-electron chi connectivity index (χ1n) is 9.93. The molecule has 150 valence electrons. The van der Waals surface area contributed by atoms with Crippen molar-refractivity contribution in [3.8, 4) is 6.07 Å². The third kappa shape index (κ3) is 3.94. The van der Waals surface area contributed by atoms with E-state index in [0.29, 0.717) is 19.5 Å². The van der Waals surface area contributed by atoms with E-state index >= 15 is 0 Å². The fraction of sp³-hybridized carbons (Fsp3) is 0.429. The summed E-state index contributed by atoms with van der Waals surface area (Å²) in [6, 6.07) is 4.34. The van der Waals surface area contributed by atoms with E-state index in [4.69, 9.17) is 11.0 Å². The van der Waals surface area contributed by atoms with E-state index in [2.05, 4.69) is 20.9 Å². The molecule has 0 spiro atoms. The minimum absolute atomic E-state index is 0.00340. The van der Waals surface area contributed by atoms with Crippen LogP contribution in [0.1, 0.15) is 24.8 Å². The van der Waals surface area contributed by atoms with Crippen molar-refractivity contribution in [2.24, 2.45) is 17.6 Å². The molecule has 1 aliphatic carbocycles. The molecule has 0 bridgehead atoms. The highest BCUT2D eigenvalue weighted by Crippen LogP contribution is 2.32. The minimum atomic E-state index is -0.493. The van der Waals surface area contributed by atoms with Crippen molar-refractivity contribution >= 4 is 34.6 Å². The molecule has 2 aliphatic rings. The molecule has 4 rings (SSSR count). The number of primary amides is 1. The van der Waals surface area contributed by atoms with Crippen LogP contribution in [0.25, 0.3) is 17.1 Å². The molecule has 29 heavy (non-hydrogen) atoms. The highest BCUT2D eigenvalue weighted by Gasteiger charge is 2.33. The number of aromatic amines is 1. The second-order valence-electron chi connectivity index (χ2n) is 7.72. The molecule has 0 radical (unpaired) electrons. The van der Waals surface area contributed by atoms with Crippen LogP contribution in [0.2, 0.25) is 0 Å². The minimum Gasteiger partial charge on any atom is -0.367 e. The predicted octanol–water partition coefficient (Wildman–Crippen LogP) is 1.65. The molecule has 0 aromatic carbocycles. The molecule has 1 saturated carbocycles. The molecule has 8 heteroatoms. The van der Waals surface area contributed by atoms with Gasteiger partial charge in [0.05, 0.1) is 18.0 Å². The van der Waals surface area contributed by atoms with Crippen LogP contribution < -0.4 is 10.6 Å². The van der Waals surface area contributed by atoms with Crippen LogP contribution in [0.4, 0.5) is 5.69 Å². The van der Waals surface area contributed by atoms with Crippen LogP contribution in [0.5, 0.6) is 0 Å². The van der Waals surface area contributed by atoms with Crippen LogP contribution >= 0.6 is 0 Å². The second-order valence-corrected chi connectivity index (χ2v) is 7.72. The Kier molecular flexibility index (Phi) is 5.21. The average molecular weight is 392 g/mol. The van der Waals surface area contributed by atoms with Gasteiger partial charge in [-0.3, -0.25) is 9.59 Å². The predicted molar refractivity (Wildman–Crippen MR) is 110 cm³/mol. The van der Waals surface area contributed by atoms with Crippen LogP contribution in [-0.4, -0.2) is 52.9 Å². The van der Waals surface area contributed by atoms with Gasteiger partial charge in [-0.05, 0) is 31.4 Å². The van der Waals surface area contributed by atoms with Gasteiger partial charge >= 0.3 is 0 Å². The number of H-pyrrole nitrogens is 1. The van der Waals surface area contributed by atoms with Crippen molar-refractivity contribution < 1.29 is 9.59 Å². The molecule has 1 saturated heterocycles. The van der Waals surface area contributed by atoms with Gasteiger partial charge in [-0.2, -0.15) is 5.26 Å². The third-order valence-electron chi connectivity index (χ3n) is 5.90. The fourth-order valence-electron chi connectivity index (χ4n) is 4.26. The highest BCUT2D eigenvalue weighted by molar-refractivity contribution is 5.95. The maximum Gasteiger partial charge on any atom is 0.241 e. The number of hydrogen-bond acceptors (Lipinski definition) is 5. The Balaban J connectivity index is 1.42. The number of nitrogens with zero attached hydrogens (tertiary/aromatic N) is 4. The summed E-state index contributed by atoms with van der Waals surface area (Å²) in [5.74, 6) is -0.265. The molecule has 2 unspecified atom stereocenters. The topological polar surface area (TPSA) is 119 Å². The van der Waals surface area contributed by atoms with Gasteiger partial charge in [0.25, 0.3) is 0 Å². The number of anilines is 1. The number of nitrogens with two attached hydrogens (primary N) is 1. The number of carbonyl (C=O) groups is 2. The van der Waals surface area contributed by atoms with Crippen molar-refractivity contribution in [1.82, 2.24) is 14.9 Å². The van der Waals surface area contributed by atoms with Gasteiger partial charge in [0.1, 0.15) is 5.65 Å². The van der Waals surface area contributed by atoms with E-state index in [9.17, 15) is 9.59 Å². The third-order valence-corrected chi connectivity index (χ3v) is 5.90. The van der Waals surface area contributed by atoms with E-state index in [1.54, 1.807) is 12.3 Å². The maximum absolute atomic E-state index is 12.8. The molecular formula is C21H24N6O2. The first kappa shape index (κ1) is 19.0. The lowest BCUT2D eigenvalue weighted by Gasteiger charge is -2.37. The second kappa shape index (κ2) is 7.95. The van der Waals surface area contributed by atoms with Gasteiger partial charge in [0, 0.05) is 61.2 Å². The lowest BCUT2D eigenvalue weighted by atomic mass is 10.0. The Morgan fingerprint density at radius 2 is 2.07 bits per heavy atom. The quantitative estimate of drug-likeness (QED) is 0.767. The number of pyridine rings is 1. The number of fused-ring (bicyclic) bond motifs is 1. The molecule has 8 nitrogen and oxygen atoms in total. The Labute approximate surface area is 169 Å². The number of aromatic nitrogens is 2. The Bertz CT molecular complexity index is 996. The monoisotopic (exact) mass is 392 g/mol. The number of carbonyl (C=O) groups excluding carboxylic acids is 2. The van der Waals surface area contributed by atoms with Crippen molar-refractivity contribution in [3.63, 3.8) is 0 Å². The first-order valence-corrected chi connectivity index (χ1v) is 9.93. The molecule has 2 amide bonds. The zero-order valence-corrected chi connectivity index (χ0v) is 16.2. The number of nitrogens with one attached hydrogen (secondary N) is 1. The Hall–Kier alpha value is -3.34. The Morgan fingerprint density at radius 3 is 2.76 bits per heavy atom. The van der Waals surface area contributed by atoms with E-state index in [1.807, 2.05) is 17.2 Å². The van der Waals surface area contributed by atoms with E-state index < -0.39 is 5.91 Å². The molecule has 2 aromatic heterocycles. The van der Waals surface area contributed by atoms with Crippen molar-refractivity contribution in [1.29, 1.82) is 5.26 Å². The molecule has 3 heterocycles. The lowest BCUT2D eigenvalue weighted by molar-refractivity contribution is -0.135. The Morgan fingerprint density at radius 1 is 1.28 bits per heavy atom. The van der Waals surface area contributed by atoms with E-state index in [1.165, 1.54) is 6.08 Å². The van der Waals surface area contributed by atoms with E-state index in [-0.39, 0.29) is 17.7 Å². The summed E-state index contributed by atoms with van der Waals surface area (Å²) in [6.45, 7) is 2.83. The number of amides is 2. The summed E-state index contributed by atoms with van der Waals surface area (Å²) < 4.78 is 0. The standard InChI is InChI=1S/C21H24N6O2/c22-11-14-1-2-15(9-14)21(29)27-7-5-26(6-8-27)17-10-18-16(3-4-19(23)28)12-24-20(18)25-13-17/h3-4,10,12-15H,1-2,5-9H2,(H2,23,28)(H,24,25)/b4-3+. The van der Waals surface area contributed by atoms with Gasteiger partial charge < -0.3 is 20.5 Å². The number of piperazine rings is 1. The normalized spacial score (nSPS) is 22.3. The largest absolute Gasteiger partial charge is 0.367 e. The van der Waals surface area contributed by atoms with Gasteiger partial charge in [0.2, 0.25) is 11.8 Å². The van der Waals surface area contributed by atoms with Gasteiger partial charge in [-0.15, -0.1) is 0 Å². The number of hydrogen-bond donors (Lipinski definition) is 2. The van der Waals surface area contributed by atoms with Gasteiger partial charge in [-0.1, -0.05) is 0 Å². The molecule has 3 N–H and O–H groups in total. The molecular weight excluding hydrogens is 368 g/mol. The smallest absolute Gasteiger partial charge is 0.241 e. The fourth-order valence-corrected chi connectivity index (χ4v) is 4.26. The zero-order valence-electron chi connectivity index (χ0n) is 16.2. The highest BCUT2D eigenvalue weighted by atomic mass is 16.2. The summed E-state index contributed by atoms with van der Waals surface area (Å²) in [5.41, 5.74) is 7.79. The van der Waals surface area contributed by atoms with E-state index in [0.717, 1.165) is 48.2 Å². The molecule has 2 aromatic rings. The van der Waals surface area contributed by atoms with Gasteiger partial charge in [0.15, 0.2) is 0 Å². The SMILES string of the molecule is N#CC1CCC(C(=O)N2CCN(c3cnc4[nH]cc(/C=C/C(N)=O)c4c3)CC2)C1. The van der Waals surface area contributed by atoms with Crippen LogP contribution in [0, 0.1) is 23.2 Å². The van der Waals surface area contributed by atoms with Crippen molar-refractivity contribution in [2.75, 3.05) is 31.1 Å². The zero-order chi connectivity index (χ0) is 20.4. The number of rotatable bonds is 4. The summed E-state index contributed by atoms with van der Waals surface area (Å²) in [4.78, 5) is 35.5. The molecule has 2 atom stereocenters. The number of nitriles is 1. The molecule has 2 fully saturated rings.